The maximum absolute atomic E-state index is 10.1. The predicted molar refractivity (Wildman–Crippen MR) is 200 cm³/mol. The van der Waals surface area contributed by atoms with Gasteiger partial charge in [-0.25, -0.2) is 16.8 Å². The topological polar surface area (TPSA) is 153 Å². The minimum Gasteiger partial charge on any atom is -0.726 e. The van der Waals surface area contributed by atoms with Gasteiger partial charge in [0.05, 0.1) is 13.2 Å². The summed E-state index contributed by atoms with van der Waals surface area (Å²) in [6, 6.07) is 0. The van der Waals surface area contributed by atoms with Gasteiger partial charge >= 0.3 is 23.1 Å². The first-order chi connectivity index (χ1) is 22.5. The summed E-state index contributed by atoms with van der Waals surface area (Å²) in [6.07, 6.45) is 36.7. The molecule has 0 amide bonds. The summed E-state index contributed by atoms with van der Waals surface area (Å²) >= 11 is 0. The summed E-state index contributed by atoms with van der Waals surface area (Å²) in [5, 5.41) is 8.57. The maximum atomic E-state index is 10.1. The van der Waals surface area contributed by atoms with E-state index in [0.717, 1.165) is 32.1 Å². The van der Waals surface area contributed by atoms with Gasteiger partial charge in [0.2, 0.25) is 20.8 Å². The van der Waals surface area contributed by atoms with E-state index in [4.69, 9.17) is 5.11 Å². The van der Waals surface area contributed by atoms with Crippen molar-refractivity contribution in [1.82, 2.24) is 0 Å². The van der Waals surface area contributed by atoms with Crippen LogP contribution in [0.15, 0.2) is 0 Å². The van der Waals surface area contributed by atoms with E-state index in [0.29, 0.717) is 19.4 Å². The minimum atomic E-state index is -4.48. The molecule has 48 heavy (non-hydrogen) atoms. The number of hydrogen-bond acceptors (Lipinski definition) is 9. The van der Waals surface area contributed by atoms with Crippen molar-refractivity contribution in [3.05, 3.63) is 0 Å². The Bertz CT molecular complexity index is 718. The Morgan fingerprint density at radius 3 is 0.750 bits per heavy atom. The van der Waals surface area contributed by atoms with E-state index in [1.165, 1.54) is 148 Å². The van der Waals surface area contributed by atoms with Crippen LogP contribution in [0, 0.1) is 0 Å². The molecule has 0 aromatic heterocycles. The van der Waals surface area contributed by atoms with E-state index in [2.05, 4.69) is 29.1 Å². The average Bonchev–Trinajstić information content (AvgIpc) is 3.01. The smallest absolute Gasteiger partial charge is 0.726 e. The number of hydrogen-bond donors (Lipinski definition) is 1. The summed E-state index contributed by atoms with van der Waals surface area (Å²) in [5.74, 6) is 0. The van der Waals surface area contributed by atoms with Crippen molar-refractivity contribution >= 4 is 43.9 Å². The molecule has 0 aliphatic rings. The van der Waals surface area contributed by atoms with E-state index in [1.54, 1.807) is 0 Å². The summed E-state index contributed by atoms with van der Waals surface area (Å²) < 4.78 is 68.9. The molecule has 0 saturated carbocycles. The number of aliphatic hydroxyl groups excluding tert-OH is 1. The molecule has 12 heteroatoms. The van der Waals surface area contributed by atoms with Gasteiger partial charge in [0.25, 0.3) is 0 Å². The second-order valence-corrected chi connectivity index (χ2v) is 14.8. The molecule has 0 atom stereocenters. The van der Waals surface area contributed by atoms with Crippen LogP contribution in [0.25, 0.3) is 0 Å². The molecule has 0 radical (unpaired) electrons. The standard InChI is InChI=1S/2C12H26O4S.C12H26O.Mg/c2*1-2-3-4-5-6-7-8-9-10-11-12-16-17(13,14)15;1-2-3-4-5-6-7-8-9-10-11-12-13;/h2*2-12H2,1H3,(H,13,14,15);13H,2-12H2,1H3;/q;;;+2/p-2. The van der Waals surface area contributed by atoms with Crippen molar-refractivity contribution in [2.24, 2.45) is 0 Å². The fraction of sp³-hybridized carbons (Fsp3) is 1.00. The van der Waals surface area contributed by atoms with E-state index in [9.17, 15) is 25.9 Å². The monoisotopic (exact) mass is 740 g/mol. The van der Waals surface area contributed by atoms with Crippen molar-refractivity contribution in [3.8, 4) is 0 Å². The van der Waals surface area contributed by atoms with E-state index in [1.807, 2.05) is 0 Å². The van der Waals surface area contributed by atoms with Crippen LogP contribution in [0.1, 0.15) is 213 Å². The number of rotatable bonds is 34. The SMILES string of the molecule is CCCCCCCCCCCCO.CCCCCCCCCCCCOS(=O)(=O)[O-].CCCCCCCCCCCCOS(=O)(=O)[O-].[Mg+2]. The maximum Gasteiger partial charge on any atom is 2.00 e. The van der Waals surface area contributed by atoms with Crippen LogP contribution in [0.3, 0.4) is 0 Å². The molecule has 0 aliphatic heterocycles. The molecule has 0 unspecified atom stereocenters. The summed E-state index contributed by atoms with van der Waals surface area (Å²) in [4.78, 5) is 0. The third kappa shape index (κ3) is 64.9. The summed E-state index contributed by atoms with van der Waals surface area (Å²) in [6.45, 7) is 7.12. The number of unbranched alkanes of at least 4 members (excludes halogenated alkanes) is 27. The molecule has 1 N–H and O–H groups in total. The summed E-state index contributed by atoms with van der Waals surface area (Å²) in [7, 11) is -8.97. The Labute approximate surface area is 314 Å². The van der Waals surface area contributed by atoms with Crippen LogP contribution < -0.4 is 0 Å². The van der Waals surface area contributed by atoms with Crippen LogP contribution in [-0.4, -0.2) is 73.9 Å². The van der Waals surface area contributed by atoms with Crippen molar-refractivity contribution in [1.29, 1.82) is 0 Å². The van der Waals surface area contributed by atoms with Gasteiger partial charge in [0, 0.05) is 6.61 Å². The van der Waals surface area contributed by atoms with E-state index in [-0.39, 0.29) is 36.3 Å². The van der Waals surface area contributed by atoms with Gasteiger partial charge < -0.3 is 14.2 Å². The molecule has 0 aliphatic carbocycles. The van der Waals surface area contributed by atoms with Gasteiger partial charge in [-0.2, -0.15) is 0 Å². The quantitative estimate of drug-likeness (QED) is 0.0294. The molecule has 288 valence electrons. The predicted octanol–water partition coefficient (Wildman–Crippen LogP) is 10.3. The van der Waals surface area contributed by atoms with Crippen LogP contribution in [0.2, 0.25) is 0 Å². The second kappa shape index (κ2) is 45.5. The third-order valence-corrected chi connectivity index (χ3v) is 8.87. The van der Waals surface area contributed by atoms with Crippen LogP contribution in [0.4, 0.5) is 0 Å². The average molecular weight is 741 g/mol. The molecule has 0 aromatic rings. The zero-order chi connectivity index (χ0) is 35.7. The Kier molecular flexibility index (Phi) is 52.3. The molecule has 0 rings (SSSR count). The summed E-state index contributed by atoms with van der Waals surface area (Å²) in [5.41, 5.74) is 0. The fourth-order valence-electron chi connectivity index (χ4n) is 5.10. The van der Waals surface area contributed by atoms with Crippen LogP contribution in [-0.2, 0) is 29.2 Å². The second-order valence-electron chi connectivity index (χ2n) is 12.7. The molecule has 0 aromatic carbocycles. The van der Waals surface area contributed by atoms with Gasteiger partial charge in [-0.1, -0.05) is 194 Å². The van der Waals surface area contributed by atoms with E-state index >= 15 is 0 Å². The van der Waals surface area contributed by atoms with E-state index < -0.39 is 20.8 Å². The van der Waals surface area contributed by atoms with Crippen molar-refractivity contribution in [2.75, 3.05) is 19.8 Å². The van der Waals surface area contributed by atoms with Crippen LogP contribution >= 0.6 is 0 Å². The number of aliphatic hydroxyl groups is 1. The molecule has 0 saturated heterocycles. The molecule has 0 heterocycles. The Balaban J connectivity index is -0.000000303. The van der Waals surface area contributed by atoms with Gasteiger partial charge in [-0.05, 0) is 19.3 Å². The molecule has 0 spiro atoms. The van der Waals surface area contributed by atoms with Crippen LogP contribution in [0.5, 0.6) is 0 Å². The van der Waals surface area contributed by atoms with Crippen molar-refractivity contribution < 1.29 is 39.4 Å². The first-order valence-electron chi connectivity index (χ1n) is 19.3. The first kappa shape index (κ1) is 55.2. The first-order valence-corrected chi connectivity index (χ1v) is 22.0. The van der Waals surface area contributed by atoms with Gasteiger partial charge in [0.15, 0.2) is 0 Å². The molecule has 0 bridgehead atoms. The zero-order valence-electron chi connectivity index (χ0n) is 31.6. The zero-order valence-corrected chi connectivity index (χ0v) is 34.6. The molecular formula is C36H76MgO9S2. The Hall–Kier alpha value is 0.466. The minimum absolute atomic E-state index is 0. The molecule has 0 fully saturated rings. The Morgan fingerprint density at radius 2 is 0.562 bits per heavy atom. The van der Waals surface area contributed by atoms with Crippen molar-refractivity contribution in [2.45, 2.75) is 213 Å². The largest absolute Gasteiger partial charge is 2.00 e. The normalized spacial score (nSPS) is 11.3. The Morgan fingerprint density at radius 1 is 0.375 bits per heavy atom. The van der Waals surface area contributed by atoms with Gasteiger partial charge in [0.1, 0.15) is 0 Å². The van der Waals surface area contributed by atoms with Crippen molar-refractivity contribution in [3.63, 3.8) is 0 Å². The molecule has 9 nitrogen and oxygen atoms in total. The third-order valence-electron chi connectivity index (χ3n) is 7.96. The fourth-order valence-corrected chi connectivity index (χ4v) is 5.74. The molecular weight excluding hydrogens is 665 g/mol. The van der Waals surface area contributed by atoms with Gasteiger partial charge in [-0.3, -0.25) is 8.37 Å². The van der Waals surface area contributed by atoms with Gasteiger partial charge in [-0.15, -0.1) is 0 Å².